The molecule has 0 bridgehead atoms. The van der Waals surface area contributed by atoms with E-state index in [0.717, 1.165) is 42.7 Å². The predicted octanol–water partition coefficient (Wildman–Crippen LogP) is 5.42. The summed E-state index contributed by atoms with van der Waals surface area (Å²) in [5, 5.41) is 7.01. The van der Waals surface area contributed by atoms with Crippen LogP contribution in [-0.4, -0.2) is 34.4 Å². The minimum absolute atomic E-state index is 0.0181. The minimum Gasteiger partial charge on any atom is -0.324 e. The van der Waals surface area contributed by atoms with Gasteiger partial charge in [-0.3, -0.25) is 9.69 Å². The number of rotatable bonds is 6. The number of likely N-dealkylation sites (N-methyl/N-ethyl adjacent to an activating group) is 1. The van der Waals surface area contributed by atoms with E-state index in [2.05, 4.69) is 35.4 Å². The molecule has 154 valence electrons. The lowest BCUT2D eigenvalue weighted by Crippen LogP contribution is -2.30. The van der Waals surface area contributed by atoms with Crippen molar-refractivity contribution in [2.24, 2.45) is 0 Å². The highest BCUT2D eigenvalue weighted by molar-refractivity contribution is 7.21. The van der Waals surface area contributed by atoms with Gasteiger partial charge in [0.25, 0.3) is 0 Å². The summed E-state index contributed by atoms with van der Waals surface area (Å²) in [5.74, 6) is -0.0181. The monoisotopic (exact) mass is 436 g/mol. The number of aromatic nitrogens is 2. The summed E-state index contributed by atoms with van der Waals surface area (Å²) >= 11 is 3.26. The zero-order chi connectivity index (χ0) is 21.3. The van der Waals surface area contributed by atoms with Gasteiger partial charge < -0.3 is 5.32 Å². The molecule has 2 heterocycles. The number of hydrogen-bond donors (Lipinski definition) is 1. The van der Waals surface area contributed by atoms with Gasteiger partial charge in [-0.1, -0.05) is 29.8 Å². The van der Waals surface area contributed by atoms with Crippen LogP contribution in [-0.2, 0) is 11.3 Å². The number of nitrogens with zero attached hydrogens (tertiary/aromatic N) is 3. The van der Waals surface area contributed by atoms with Crippen molar-refractivity contribution in [3.63, 3.8) is 0 Å². The summed E-state index contributed by atoms with van der Waals surface area (Å²) in [6, 6.07) is 12.3. The van der Waals surface area contributed by atoms with E-state index in [-0.39, 0.29) is 5.91 Å². The molecule has 7 heteroatoms. The van der Waals surface area contributed by atoms with Crippen LogP contribution < -0.4 is 5.32 Å². The van der Waals surface area contributed by atoms with Crippen LogP contribution in [0.1, 0.15) is 21.7 Å². The van der Waals surface area contributed by atoms with Crippen LogP contribution in [0.2, 0.25) is 0 Å². The first kappa shape index (κ1) is 20.7. The lowest BCUT2D eigenvalue weighted by Gasteiger charge is -2.17. The Balaban J connectivity index is 1.38. The minimum atomic E-state index is -0.0181. The molecule has 0 radical (unpaired) electrons. The molecule has 2 aromatic carbocycles. The topological polar surface area (TPSA) is 58.1 Å². The largest absolute Gasteiger partial charge is 0.324 e. The van der Waals surface area contributed by atoms with Gasteiger partial charge in [0.15, 0.2) is 0 Å². The summed E-state index contributed by atoms with van der Waals surface area (Å²) in [4.78, 5) is 23.9. The van der Waals surface area contributed by atoms with Crippen molar-refractivity contribution >= 4 is 44.5 Å². The van der Waals surface area contributed by atoms with Crippen LogP contribution in [0.3, 0.4) is 0 Å². The Morgan fingerprint density at radius 3 is 2.57 bits per heavy atom. The van der Waals surface area contributed by atoms with Crippen LogP contribution in [0.25, 0.3) is 20.9 Å². The SMILES string of the molecule is Cc1cc(C)c(NC(=O)CN(C)Cc2nc(-c3nc4ccccc4s3)cs2)c(C)c1. The molecule has 0 aliphatic heterocycles. The van der Waals surface area contributed by atoms with Gasteiger partial charge in [0, 0.05) is 11.1 Å². The van der Waals surface area contributed by atoms with Crippen LogP contribution in [0, 0.1) is 20.8 Å². The molecular formula is C23H24N4OS2. The van der Waals surface area contributed by atoms with Crippen molar-refractivity contribution in [3.8, 4) is 10.7 Å². The van der Waals surface area contributed by atoms with Crippen molar-refractivity contribution in [1.29, 1.82) is 0 Å². The third kappa shape index (κ3) is 4.59. The second-order valence-corrected chi connectivity index (χ2v) is 9.58. The molecular weight excluding hydrogens is 412 g/mol. The van der Waals surface area contributed by atoms with Gasteiger partial charge >= 0.3 is 0 Å². The van der Waals surface area contributed by atoms with E-state index in [1.807, 2.05) is 49.4 Å². The summed E-state index contributed by atoms with van der Waals surface area (Å²) < 4.78 is 1.16. The number of anilines is 1. The molecule has 0 atom stereocenters. The van der Waals surface area contributed by atoms with Crippen molar-refractivity contribution < 1.29 is 4.79 Å². The van der Waals surface area contributed by atoms with Gasteiger partial charge in [0.2, 0.25) is 5.91 Å². The Labute approximate surface area is 184 Å². The fourth-order valence-corrected chi connectivity index (χ4v) is 5.41. The zero-order valence-electron chi connectivity index (χ0n) is 17.5. The highest BCUT2D eigenvalue weighted by Gasteiger charge is 2.14. The summed E-state index contributed by atoms with van der Waals surface area (Å²) in [7, 11) is 1.94. The number of para-hydroxylation sites is 1. The van der Waals surface area contributed by atoms with Gasteiger partial charge in [-0.2, -0.15) is 0 Å². The van der Waals surface area contributed by atoms with Crippen LogP contribution in [0.4, 0.5) is 5.69 Å². The average Bonchev–Trinajstić information content (AvgIpc) is 3.31. The molecule has 1 N–H and O–H groups in total. The first-order valence-corrected chi connectivity index (χ1v) is 11.5. The van der Waals surface area contributed by atoms with Crippen LogP contribution >= 0.6 is 22.7 Å². The smallest absolute Gasteiger partial charge is 0.238 e. The Bertz CT molecular complexity index is 1150. The van der Waals surface area contributed by atoms with Crippen LogP contribution in [0.15, 0.2) is 41.8 Å². The summed E-state index contributed by atoms with van der Waals surface area (Å²) in [6.07, 6.45) is 0. The van der Waals surface area contributed by atoms with E-state index in [0.29, 0.717) is 13.1 Å². The van der Waals surface area contributed by atoms with Gasteiger partial charge in [-0.25, -0.2) is 9.97 Å². The van der Waals surface area contributed by atoms with Crippen molar-refractivity contribution in [2.75, 3.05) is 18.9 Å². The lowest BCUT2D eigenvalue weighted by molar-refractivity contribution is -0.117. The molecule has 0 spiro atoms. The number of benzene rings is 2. The van der Waals surface area contributed by atoms with E-state index >= 15 is 0 Å². The summed E-state index contributed by atoms with van der Waals surface area (Å²) in [5.41, 5.74) is 6.19. The molecule has 0 aliphatic carbocycles. The van der Waals surface area contributed by atoms with E-state index in [1.165, 1.54) is 5.56 Å². The Kier molecular flexibility index (Phi) is 5.94. The maximum Gasteiger partial charge on any atom is 0.238 e. The average molecular weight is 437 g/mol. The Morgan fingerprint density at radius 1 is 1.10 bits per heavy atom. The first-order valence-electron chi connectivity index (χ1n) is 9.75. The van der Waals surface area contributed by atoms with Gasteiger partial charge in [0.1, 0.15) is 15.7 Å². The number of aryl methyl sites for hydroxylation is 3. The number of nitrogens with one attached hydrogen (secondary N) is 1. The van der Waals surface area contributed by atoms with E-state index in [1.54, 1.807) is 22.7 Å². The van der Waals surface area contributed by atoms with Gasteiger partial charge in [-0.15, -0.1) is 22.7 Å². The molecule has 4 rings (SSSR count). The quantitative estimate of drug-likeness (QED) is 0.439. The van der Waals surface area contributed by atoms with Crippen molar-refractivity contribution in [2.45, 2.75) is 27.3 Å². The molecule has 0 unspecified atom stereocenters. The molecule has 4 aromatic rings. The molecule has 1 amide bonds. The van der Waals surface area contributed by atoms with Crippen molar-refractivity contribution in [3.05, 3.63) is 63.5 Å². The zero-order valence-corrected chi connectivity index (χ0v) is 19.2. The van der Waals surface area contributed by atoms with Gasteiger partial charge in [0.05, 0.1) is 23.3 Å². The molecule has 30 heavy (non-hydrogen) atoms. The first-order chi connectivity index (χ1) is 14.4. The second kappa shape index (κ2) is 8.63. The van der Waals surface area contributed by atoms with E-state index < -0.39 is 0 Å². The highest BCUT2D eigenvalue weighted by atomic mass is 32.1. The lowest BCUT2D eigenvalue weighted by atomic mass is 10.1. The number of carbonyl (C=O) groups excluding carboxylic acids is 1. The highest BCUT2D eigenvalue weighted by Crippen LogP contribution is 2.31. The fourth-order valence-electron chi connectivity index (χ4n) is 3.55. The standard InChI is InChI=1S/C23H24N4OS2/c1-14-9-15(2)22(16(3)10-14)26-20(28)11-27(4)12-21-24-18(13-29-21)23-25-17-7-5-6-8-19(17)30-23/h5-10,13H,11-12H2,1-4H3,(H,26,28). The fraction of sp³-hybridized carbons (Fsp3) is 0.261. The van der Waals surface area contributed by atoms with Crippen molar-refractivity contribution in [1.82, 2.24) is 14.9 Å². The number of thiazole rings is 2. The molecule has 5 nitrogen and oxygen atoms in total. The maximum atomic E-state index is 12.6. The van der Waals surface area contributed by atoms with Gasteiger partial charge in [-0.05, 0) is 51.1 Å². The molecule has 2 aromatic heterocycles. The maximum absolute atomic E-state index is 12.6. The number of amides is 1. The molecule has 0 aliphatic rings. The third-order valence-electron chi connectivity index (χ3n) is 4.82. The normalized spacial score (nSPS) is 11.4. The number of hydrogen-bond acceptors (Lipinski definition) is 6. The summed E-state index contributed by atoms with van der Waals surface area (Å²) in [6.45, 7) is 7.05. The number of carbonyl (C=O) groups is 1. The Hall–Kier alpha value is -2.61. The molecule has 0 saturated heterocycles. The second-order valence-electron chi connectivity index (χ2n) is 7.61. The van der Waals surface area contributed by atoms with E-state index in [4.69, 9.17) is 4.98 Å². The number of fused-ring (bicyclic) bond motifs is 1. The third-order valence-corrected chi connectivity index (χ3v) is 6.72. The Morgan fingerprint density at radius 2 is 1.83 bits per heavy atom. The predicted molar refractivity (Wildman–Crippen MR) is 126 cm³/mol. The van der Waals surface area contributed by atoms with E-state index in [9.17, 15) is 4.79 Å². The molecule has 0 saturated carbocycles. The molecule has 0 fully saturated rings. The van der Waals surface area contributed by atoms with Crippen LogP contribution in [0.5, 0.6) is 0 Å².